The van der Waals surface area contributed by atoms with Crippen molar-refractivity contribution in [1.29, 1.82) is 0 Å². The Morgan fingerprint density at radius 2 is 2.21 bits per heavy atom. The molecular formula is C16H20O3. The summed E-state index contributed by atoms with van der Waals surface area (Å²) in [5, 5.41) is 9.46. The molecule has 1 N–H and O–H groups in total. The summed E-state index contributed by atoms with van der Waals surface area (Å²) in [6.07, 6.45) is 9.71. The van der Waals surface area contributed by atoms with E-state index in [9.17, 15) is 9.90 Å². The summed E-state index contributed by atoms with van der Waals surface area (Å²) in [6.45, 7) is 1.97. The zero-order chi connectivity index (χ0) is 14.1. The van der Waals surface area contributed by atoms with Crippen LogP contribution in [0.3, 0.4) is 0 Å². The minimum atomic E-state index is 0.0947. The number of methoxy groups -OCH3 is 1. The molecule has 0 radical (unpaired) electrons. The van der Waals surface area contributed by atoms with Crippen LogP contribution in [0.1, 0.15) is 31.7 Å². The number of phenols is 1. The van der Waals surface area contributed by atoms with Gasteiger partial charge >= 0.3 is 0 Å². The molecule has 0 aliphatic rings. The molecule has 0 atom stereocenters. The van der Waals surface area contributed by atoms with Crippen molar-refractivity contribution in [2.75, 3.05) is 7.11 Å². The van der Waals surface area contributed by atoms with Crippen LogP contribution in [0.15, 0.2) is 36.4 Å². The largest absolute Gasteiger partial charge is 0.504 e. The van der Waals surface area contributed by atoms with Crippen molar-refractivity contribution in [3.05, 3.63) is 42.0 Å². The summed E-state index contributed by atoms with van der Waals surface area (Å²) >= 11 is 0. The lowest BCUT2D eigenvalue weighted by atomic mass is 10.1. The quantitative estimate of drug-likeness (QED) is 0.461. The highest BCUT2D eigenvalue weighted by molar-refractivity contribution is 5.93. The van der Waals surface area contributed by atoms with Gasteiger partial charge in [0.25, 0.3) is 0 Å². The minimum absolute atomic E-state index is 0.0947. The predicted octanol–water partition coefficient (Wildman–Crippen LogP) is 3.73. The fourth-order valence-electron chi connectivity index (χ4n) is 1.63. The number of hydrogen-bond donors (Lipinski definition) is 1. The average Bonchev–Trinajstić information content (AvgIpc) is 2.42. The first-order chi connectivity index (χ1) is 9.17. The van der Waals surface area contributed by atoms with Crippen LogP contribution in [0.4, 0.5) is 0 Å². The van der Waals surface area contributed by atoms with Gasteiger partial charge in [0.2, 0.25) is 0 Å². The topological polar surface area (TPSA) is 46.5 Å². The summed E-state index contributed by atoms with van der Waals surface area (Å²) in [6, 6.07) is 4.98. The Hall–Kier alpha value is -2.03. The van der Waals surface area contributed by atoms with Crippen molar-refractivity contribution in [1.82, 2.24) is 0 Å². The van der Waals surface area contributed by atoms with Gasteiger partial charge in [-0.1, -0.05) is 24.3 Å². The maximum absolute atomic E-state index is 11.6. The van der Waals surface area contributed by atoms with Crippen LogP contribution in [-0.2, 0) is 4.79 Å². The molecule has 102 valence electrons. The van der Waals surface area contributed by atoms with Gasteiger partial charge in [0.15, 0.2) is 17.3 Å². The highest BCUT2D eigenvalue weighted by atomic mass is 16.5. The van der Waals surface area contributed by atoms with Crippen molar-refractivity contribution in [2.24, 2.45) is 0 Å². The van der Waals surface area contributed by atoms with Crippen molar-refractivity contribution < 1.29 is 14.6 Å². The molecule has 19 heavy (non-hydrogen) atoms. The predicted molar refractivity (Wildman–Crippen MR) is 77.4 cm³/mol. The first-order valence-electron chi connectivity index (χ1n) is 6.36. The van der Waals surface area contributed by atoms with E-state index in [1.54, 1.807) is 30.4 Å². The van der Waals surface area contributed by atoms with Gasteiger partial charge in [-0.2, -0.15) is 0 Å². The lowest BCUT2D eigenvalue weighted by molar-refractivity contribution is -0.114. The second-order valence-electron chi connectivity index (χ2n) is 4.19. The van der Waals surface area contributed by atoms with E-state index >= 15 is 0 Å². The highest BCUT2D eigenvalue weighted by Gasteiger charge is 2.01. The Morgan fingerprint density at radius 3 is 2.89 bits per heavy atom. The smallest absolute Gasteiger partial charge is 0.161 e. The number of phenolic OH excluding ortho intramolecular Hbond substituents is 1. The second-order valence-corrected chi connectivity index (χ2v) is 4.19. The monoisotopic (exact) mass is 260 g/mol. The van der Waals surface area contributed by atoms with E-state index in [1.165, 1.54) is 7.11 Å². The van der Waals surface area contributed by atoms with E-state index in [4.69, 9.17) is 4.74 Å². The molecule has 0 aromatic heterocycles. The zero-order valence-electron chi connectivity index (χ0n) is 11.4. The van der Waals surface area contributed by atoms with E-state index in [-0.39, 0.29) is 11.5 Å². The van der Waals surface area contributed by atoms with Gasteiger partial charge in [0.1, 0.15) is 0 Å². The molecule has 1 aromatic rings. The molecule has 0 saturated heterocycles. The molecule has 0 aliphatic heterocycles. The lowest BCUT2D eigenvalue weighted by Crippen LogP contribution is -1.91. The SMILES string of the molecule is C/C=C/CCCC(=O)/C=C/c1ccc(O)c(OC)c1. The van der Waals surface area contributed by atoms with Crippen molar-refractivity contribution >= 4 is 11.9 Å². The van der Waals surface area contributed by atoms with E-state index < -0.39 is 0 Å². The number of aromatic hydroxyl groups is 1. The molecule has 0 saturated carbocycles. The molecule has 3 nitrogen and oxygen atoms in total. The highest BCUT2D eigenvalue weighted by Crippen LogP contribution is 2.26. The Labute approximate surface area is 114 Å². The van der Waals surface area contributed by atoms with Gasteiger partial charge in [-0.25, -0.2) is 0 Å². The Kier molecular flexibility index (Phi) is 6.44. The molecule has 0 fully saturated rings. The number of hydrogen-bond acceptors (Lipinski definition) is 3. The standard InChI is InChI=1S/C16H20O3/c1-3-4-5-6-7-14(17)10-8-13-9-11-15(18)16(12-13)19-2/h3-4,8-12,18H,5-7H2,1-2H3/b4-3+,10-8+. The van der Waals surface area contributed by atoms with Crippen LogP contribution in [0.25, 0.3) is 6.08 Å². The second kappa shape index (κ2) is 8.14. The van der Waals surface area contributed by atoms with E-state index in [1.807, 2.05) is 13.0 Å². The van der Waals surface area contributed by atoms with Crippen molar-refractivity contribution in [3.8, 4) is 11.5 Å². The molecular weight excluding hydrogens is 240 g/mol. The third-order valence-electron chi connectivity index (χ3n) is 2.70. The Balaban J connectivity index is 2.53. The number of rotatable bonds is 7. The summed E-state index contributed by atoms with van der Waals surface area (Å²) in [5.41, 5.74) is 0.830. The Morgan fingerprint density at radius 1 is 1.42 bits per heavy atom. The fraction of sp³-hybridized carbons (Fsp3) is 0.312. The van der Waals surface area contributed by atoms with Gasteiger partial charge in [-0.05, 0) is 43.5 Å². The summed E-state index contributed by atoms with van der Waals surface area (Å²) in [7, 11) is 1.49. The first kappa shape index (κ1) is 15.0. The molecule has 0 spiro atoms. The van der Waals surface area contributed by atoms with Gasteiger partial charge in [0, 0.05) is 6.42 Å². The number of carbonyl (C=O) groups is 1. The van der Waals surface area contributed by atoms with Crippen LogP contribution < -0.4 is 4.74 Å². The van der Waals surface area contributed by atoms with Crippen molar-refractivity contribution in [3.63, 3.8) is 0 Å². The minimum Gasteiger partial charge on any atom is -0.504 e. The van der Waals surface area contributed by atoms with E-state index in [0.717, 1.165) is 18.4 Å². The van der Waals surface area contributed by atoms with Crippen LogP contribution in [0, 0.1) is 0 Å². The summed E-state index contributed by atoms with van der Waals surface area (Å²) in [5.74, 6) is 0.608. The molecule has 0 unspecified atom stereocenters. The van der Waals surface area contributed by atoms with E-state index in [2.05, 4.69) is 6.08 Å². The number of allylic oxidation sites excluding steroid dienone is 3. The van der Waals surface area contributed by atoms with Crippen LogP contribution >= 0.6 is 0 Å². The summed E-state index contributed by atoms with van der Waals surface area (Å²) < 4.78 is 5.01. The molecule has 1 rings (SSSR count). The van der Waals surface area contributed by atoms with Crippen LogP contribution in [0.5, 0.6) is 11.5 Å². The maximum atomic E-state index is 11.6. The number of unbranched alkanes of at least 4 members (excludes halogenated alkanes) is 1. The molecule has 0 bridgehead atoms. The van der Waals surface area contributed by atoms with E-state index in [0.29, 0.717) is 12.2 Å². The van der Waals surface area contributed by atoms with Crippen molar-refractivity contribution in [2.45, 2.75) is 26.2 Å². The third kappa shape index (κ3) is 5.42. The first-order valence-corrected chi connectivity index (χ1v) is 6.36. The van der Waals surface area contributed by atoms with Gasteiger partial charge < -0.3 is 9.84 Å². The average molecular weight is 260 g/mol. The maximum Gasteiger partial charge on any atom is 0.161 e. The van der Waals surface area contributed by atoms with Gasteiger partial charge in [0.05, 0.1) is 7.11 Å². The Bertz CT molecular complexity index is 473. The van der Waals surface area contributed by atoms with Gasteiger partial charge in [-0.3, -0.25) is 4.79 Å². The molecule has 0 amide bonds. The number of benzene rings is 1. The zero-order valence-corrected chi connectivity index (χ0v) is 11.4. The number of ketones is 1. The molecule has 0 heterocycles. The fourth-order valence-corrected chi connectivity index (χ4v) is 1.63. The molecule has 1 aromatic carbocycles. The number of carbonyl (C=O) groups excluding carboxylic acids is 1. The number of ether oxygens (including phenoxy) is 1. The lowest BCUT2D eigenvalue weighted by Gasteiger charge is -2.03. The van der Waals surface area contributed by atoms with Crippen LogP contribution in [0.2, 0.25) is 0 Å². The van der Waals surface area contributed by atoms with Crippen LogP contribution in [-0.4, -0.2) is 18.0 Å². The molecule has 3 heteroatoms. The normalized spacial score (nSPS) is 11.3. The third-order valence-corrected chi connectivity index (χ3v) is 2.70. The molecule has 0 aliphatic carbocycles. The summed E-state index contributed by atoms with van der Waals surface area (Å²) in [4.78, 5) is 11.6. The van der Waals surface area contributed by atoms with Gasteiger partial charge in [-0.15, -0.1) is 0 Å².